The van der Waals surface area contributed by atoms with Crippen LogP contribution in [0.1, 0.15) is 51.0 Å². The minimum Gasteiger partial charge on any atom is -0.497 e. The zero-order valence-electron chi connectivity index (χ0n) is 17.5. The molecule has 0 saturated carbocycles. The van der Waals surface area contributed by atoms with Crippen LogP contribution >= 0.6 is 0 Å². The molecular formula is C21H32N4O3. The van der Waals surface area contributed by atoms with Crippen LogP contribution < -0.4 is 20.1 Å². The Balaban J connectivity index is 1.77. The molecule has 1 heterocycles. The standard InChI is InChI=1S/C21H32N4O3/c1-6-16(7-2)20-12-19(28-25-20)14-24-21(22-4)23-13-15(3)27-18-10-8-17(26-5)9-11-18/h8-12,15-16H,6-7,13-14H2,1-5H3,(H2,22,23,24). The lowest BCUT2D eigenvalue weighted by Crippen LogP contribution is -2.41. The first kappa shape index (κ1) is 21.6. The molecule has 2 rings (SSSR count). The molecule has 1 atom stereocenters. The molecule has 0 amide bonds. The molecule has 7 heteroatoms. The molecular weight excluding hydrogens is 356 g/mol. The zero-order valence-corrected chi connectivity index (χ0v) is 17.5. The van der Waals surface area contributed by atoms with Gasteiger partial charge < -0.3 is 24.6 Å². The van der Waals surface area contributed by atoms with Crippen molar-refractivity contribution in [2.24, 2.45) is 4.99 Å². The predicted molar refractivity (Wildman–Crippen MR) is 111 cm³/mol. The summed E-state index contributed by atoms with van der Waals surface area (Å²) >= 11 is 0. The van der Waals surface area contributed by atoms with Crippen molar-refractivity contribution in [3.63, 3.8) is 0 Å². The third-order valence-electron chi connectivity index (χ3n) is 4.59. The maximum atomic E-state index is 5.90. The summed E-state index contributed by atoms with van der Waals surface area (Å²) in [6.45, 7) is 7.48. The number of ether oxygens (including phenoxy) is 2. The van der Waals surface area contributed by atoms with E-state index in [1.165, 1.54) is 0 Å². The first-order chi connectivity index (χ1) is 13.6. The smallest absolute Gasteiger partial charge is 0.191 e. The van der Waals surface area contributed by atoms with E-state index >= 15 is 0 Å². The summed E-state index contributed by atoms with van der Waals surface area (Å²) in [5.74, 6) is 3.54. The number of rotatable bonds is 10. The van der Waals surface area contributed by atoms with Crippen molar-refractivity contribution < 1.29 is 14.0 Å². The fourth-order valence-electron chi connectivity index (χ4n) is 2.87. The average Bonchev–Trinajstić information content (AvgIpc) is 3.18. The molecule has 0 aliphatic heterocycles. The van der Waals surface area contributed by atoms with E-state index in [-0.39, 0.29) is 6.10 Å². The molecule has 1 unspecified atom stereocenters. The minimum atomic E-state index is -0.0290. The van der Waals surface area contributed by atoms with Gasteiger partial charge in [0.15, 0.2) is 11.7 Å². The van der Waals surface area contributed by atoms with Crippen molar-refractivity contribution >= 4 is 5.96 Å². The number of aliphatic imine (C=N–C) groups is 1. The maximum Gasteiger partial charge on any atom is 0.191 e. The van der Waals surface area contributed by atoms with Gasteiger partial charge in [0.2, 0.25) is 0 Å². The summed E-state index contributed by atoms with van der Waals surface area (Å²) in [5, 5.41) is 10.7. The number of hydrogen-bond acceptors (Lipinski definition) is 5. The molecule has 2 aromatic rings. The molecule has 0 saturated heterocycles. The van der Waals surface area contributed by atoms with Crippen molar-refractivity contribution in [3.05, 3.63) is 41.8 Å². The van der Waals surface area contributed by atoms with Gasteiger partial charge in [0.1, 0.15) is 17.6 Å². The number of guanidine groups is 1. The van der Waals surface area contributed by atoms with Crippen molar-refractivity contribution in [3.8, 4) is 11.5 Å². The first-order valence-corrected chi connectivity index (χ1v) is 9.80. The molecule has 28 heavy (non-hydrogen) atoms. The highest BCUT2D eigenvalue weighted by atomic mass is 16.5. The molecule has 0 radical (unpaired) electrons. The molecule has 0 aliphatic rings. The molecule has 0 fully saturated rings. The van der Waals surface area contributed by atoms with Gasteiger partial charge in [-0.1, -0.05) is 19.0 Å². The molecule has 1 aromatic heterocycles. The molecule has 1 aromatic carbocycles. The van der Waals surface area contributed by atoms with Crippen LogP contribution in [0.4, 0.5) is 0 Å². The van der Waals surface area contributed by atoms with Gasteiger partial charge in [-0.2, -0.15) is 0 Å². The molecule has 0 spiro atoms. The van der Waals surface area contributed by atoms with E-state index in [0.717, 1.165) is 35.8 Å². The second-order valence-corrected chi connectivity index (χ2v) is 6.64. The van der Waals surface area contributed by atoms with Crippen LogP contribution in [0.15, 0.2) is 39.8 Å². The Morgan fingerprint density at radius 2 is 1.82 bits per heavy atom. The number of benzene rings is 1. The fraction of sp³-hybridized carbons (Fsp3) is 0.524. The average molecular weight is 389 g/mol. The van der Waals surface area contributed by atoms with Crippen molar-refractivity contribution in [1.82, 2.24) is 15.8 Å². The van der Waals surface area contributed by atoms with Gasteiger partial charge in [0.25, 0.3) is 0 Å². The van der Waals surface area contributed by atoms with Crippen LogP contribution in [-0.4, -0.2) is 37.9 Å². The van der Waals surface area contributed by atoms with E-state index in [2.05, 4.69) is 34.6 Å². The van der Waals surface area contributed by atoms with E-state index in [4.69, 9.17) is 14.0 Å². The Morgan fingerprint density at radius 1 is 1.14 bits per heavy atom. The summed E-state index contributed by atoms with van der Waals surface area (Å²) in [6, 6.07) is 9.56. The van der Waals surface area contributed by atoms with Crippen LogP contribution in [0.25, 0.3) is 0 Å². The topological polar surface area (TPSA) is 80.9 Å². The van der Waals surface area contributed by atoms with Gasteiger partial charge in [-0.15, -0.1) is 0 Å². The van der Waals surface area contributed by atoms with Gasteiger partial charge in [-0.25, -0.2) is 0 Å². The van der Waals surface area contributed by atoms with Gasteiger partial charge in [-0.3, -0.25) is 4.99 Å². The van der Waals surface area contributed by atoms with Crippen LogP contribution in [0.2, 0.25) is 0 Å². The summed E-state index contributed by atoms with van der Waals surface area (Å²) in [7, 11) is 3.38. The van der Waals surface area contributed by atoms with Gasteiger partial charge >= 0.3 is 0 Å². The molecule has 0 bridgehead atoms. The Bertz CT molecular complexity index is 724. The third-order valence-corrected chi connectivity index (χ3v) is 4.59. The van der Waals surface area contributed by atoms with Gasteiger partial charge in [0, 0.05) is 19.0 Å². The second-order valence-electron chi connectivity index (χ2n) is 6.64. The Hall–Kier alpha value is -2.70. The molecule has 7 nitrogen and oxygen atoms in total. The lowest BCUT2D eigenvalue weighted by Gasteiger charge is -2.17. The summed E-state index contributed by atoms with van der Waals surface area (Å²) in [4.78, 5) is 4.24. The number of nitrogens with zero attached hydrogens (tertiary/aromatic N) is 2. The minimum absolute atomic E-state index is 0.0290. The number of methoxy groups -OCH3 is 1. The van der Waals surface area contributed by atoms with Crippen molar-refractivity contribution in [2.75, 3.05) is 20.7 Å². The Labute approximate surface area is 167 Å². The Kier molecular flexibility index (Phi) is 8.65. The number of aromatic nitrogens is 1. The highest BCUT2D eigenvalue weighted by Crippen LogP contribution is 2.22. The van der Waals surface area contributed by atoms with E-state index < -0.39 is 0 Å². The quantitative estimate of drug-likeness (QED) is 0.477. The molecule has 0 aliphatic carbocycles. The summed E-state index contributed by atoms with van der Waals surface area (Å²) in [5.41, 5.74) is 1.02. The second kappa shape index (κ2) is 11.2. The van der Waals surface area contributed by atoms with Crippen LogP contribution in [0.5, 0.6) is 11.5 Å². The summed E-state index contributed by atoms with van der Waals surface area (Å²) < 4.78 is 16.5. The predicted octanol–water partition coefficient (Wildman–Crippen LogP) is 3.72. The SMILES string of the molecule is CCC(CC)c1cc(CNC(=NC)NCC(C)Oc2ccc(OC)cc2)on1. The number of nitrogens with one attached hydrogen (secondary N) is 2. The van der Waals surface area contributed by atoms with Gasteiger partial charge in [0.05, 0.1) is 25.9 Å². The van der Waals surface area contributed by atoms with Crippen LogP contribution in [-0.2, 0) is 6.54 Å². The van der Waals surface area contributed by atoms with Crippen LogP contribution in [0, 0.1) is 0 Å². The number of hydrogen-bond donors (Lipinski definition) is 2. The van der Waals surface area contributed by atoms with Gasteiger partial charge in [-0.05, 0) is 44.0 Å². The van der Waals surface area contributed by atoms with Crippen LogP contribution in [0.3, 0.4) is 0 Å². The first-order valence-electron chi connectivity index (χ1n) is 9.80. The van der Waals surface area contributed by atoms with Crippen molar-refractivity contribution in [1.29, 1.82) is 0 Å². The van der Waals surface area contributed by atoms with E-state index in [1.54, 1.807) is 14.2 Å². The third kappa shape index (κ3) is 6.48. The molecule has 2 N–H and O–H groups in total. The largest absolute Gasteiger partial charge is 0.497 e. The van der Waals surface area contributed by atoms with E-state index in [9.17, 15) is 0 Å². The normalized spacial score (nSPS) is 12.7. The Morgan fingerprint density at radius 3 is 2.43 bits per heavy atom. The van der Waals surface area contributed by atoms with E-state index in [1.807, 2.05) is 37.3 Å². The van der Waals surface area contributed by atoms with Crippen molar-refractivity contribution in [2.45, 2.75) is 52.2 Å². The highest BCUT2D eigenvalue weighted by molar-refractivity contribution is 5.79. The monoisotopic (exact) mass is 388 g/mol. The fourth-order valence-corrected chi connectivity index (χ4v) is 2.87. The van der Waals surface area contributed by atoms with E-state index in [0.29, 0.717) is 25.0 Å². The highest BCUT2D eigenvalue weighted by Gasteiger charge is 2.13. The lowest BCUT2D eigenvalue weighted by atomic mass is 9.99. The maximum absolute atomic E-state index is 5.90. The molecule has 154 valence electrons. The summed E-state index contributed by atoms with van der Waals surface area (Å²) in [6.07, 6.45) is 2.09. The lowest BCUT2D eigenvalue weighted by molar-refractivity contribution is 0.223. The zero-order chi connectivity index (χ0) is 20.4.